The van der Waals surface area contributed by atoms with Crippen molar-refractivity contribution in [3.8, 4) is 5.75 Å². The molecule has 1 aromatic carbocycles. The first kappa shape index (κ1) is 13.4. The minimum atomic E-state index is -0.448. The number of ether oxygens (including phenoxy) is 1. The van der Waals surface area contributed by atoms with Gasteiger partial charge >= 0.3 is 0 Å². The number of aliphatic hydroxyl groups is 1. The Balaban J connectivity index is 1.77. The van der Waals surface area contributed by atoms with Crippen molar-refractivity contribution in [2.45, 2.75) is 44.8 Å². The van der Waals surface area contributed by atoms with Crippen LogP contribution in [0.3, 0.4) is 0 Å². The van der Waals surface area contributed by atoms with E-state index in [2.05, 4.69) is 24.4 Å². The molecule has 1 saturated carbocycles. The van der Waals surface area contributed by atoms with Crippen LogP contribution in [0.4, 0.5) is 0 Å². The Kier molecular flexibility index (Phi) is 4.61. The van der Waals surface area contributed by atoms with E-state index >= 15 is 0 Å². The molecule has 100 valence electrons. The molecule has 2 N–H and O–H groups in total. The summed E-state index contributed by atoms with van der Waals surface area (Å²) in [6.07, 6.45) is 4.04. The molecular formula is C15H23NO2. The van der Waals surface area contributed by atoms with Crippen molar-refractivity contribution in [1.82, 2.24) is 5.32 Å². The number of hydrogen-bond donors (Lipinski definition) is 2. The van der Waals surface area contributed by atoms with E-state index in [1.807, 2.05) is 12.1 Å². The molecule has 0 atom stereocenters. The zero-order chi connectivity index (χ0) is 12.8. The maximum Gasteiger partial charge on any atom is 0.119 e. The van der Waals surface area contributed by atoms with Crippen LogP contribution in [-0.2, 0) is 6.54 Å². The maximum absolute atomic E-state index is 9.97. The van der Waals surface area contributed by atoms with Gasteiger partial charge < -0.3 is 15.2 Å². The molecule has 2 rings (SSSR count). The molecule has 0 unspecified atom stereocenters. The Hall–Kier alpha value is -1.06. The fourth-order valence-corrected chi connectivity index (χ4v) is 2.17. The number of benzene rings is 1. The van der Waals surface area contributed by atoms with Gasteiger partial charge in [-0.15, -0.1) is 0 Å². The first-order valence-electron chi connectivity index (χ1n) is 6.87. The third-order valence-electron chi connectivity index (χ3n) is 3.44. The summed E-state index contributed by atoms with van der Waals surface area (Å²) < 4.78 is 5.60. The fourth-order valence-electron chi connectivity index (χ4n) is 2.17. The molecular weight excluding hydrogens is 226 g/mol. The van der Waals surface area contributed by atoms with Gasteiger partial charge in [0.25, 0.3) is 0 Å². The Morgan fingerprint density at radius 3 is 2.89 bits per heavy atom. The Labute approximate surface area is 109 Å². The average molecular weight is 249 g/mol. The molecule has 0 amide bonds. The van der Waals surface area contributed by atoms with Crippen LogP contribution in [0, 0.1) is 0 Å². The molecule has 18 heavy (non-hydrogen) atoms. The van der Waals surface area contributed by atoms with Gasteiger partial charge in [0.1, 0.15) is 5.75 Å². The molecule has 0 heterocycles. The summed E-state index contributed by atoms with van der Waals surface area (Å²) in [5, 5.41) is 13.3. The van der Waals surface area contributed by atoms with Crippen molar-refractivity contribution in [2.24, 2.45) is 0 Å². The SMILES string of the molecule is CCCOc1cccc(CNCC2(O)CCC2)c1. The largest absolute Gasteiger partial charge is 0.494 e. The third kappa shape index (κ3) is 3.72. The van der Waals surface area contributed by atoms with E-state index in [9.17, 15) is 5.11 Å². The van der Waals surface area contributed by atoms with Crippen LogP contribution in [0.5, 0.6) is 5.75 Å². The second-order valence-electron chi connectivity index (χ2n) is 5.18. The van der Waals surface area contributed by atoms with Crippen molar-refractivity contribution in [2.75, 3.05) is 13.2 Å². The molecule has 3 nitrogen and oxygen atoms in total. The van der Waals surface area contributed by atoms with E-state index in [0.717, 1.165) is 44.6 Å². The topological polar surface area (TPSA) is 41.5 Å². The first-order valence-corrected chi connectivity index (χ1v) is 6.87. The molecule has 3 heteroatoms. The Morgan fingerprint density at radius 1 is 1.39 bits per heavy atom. The number of rotatable bonds is 7. The van der Waals surface area contributed by atoms with E-state index in [-0.39, 0.29) is 0 Å². The van der Waals surface area contributed by atoms with Gasteiger partial charge in [-0.3, -0.25) is 0 Å². The van der Waals surface area contributed by atoms with Crippen LogP contribution < -0.4 is 10.1 Å². The molecule has 0 spiro atoms. The molecule has 1 aliphatic carbocycles. The minimum Gasteiger partial charge on any atom is -0.494 e. The van der Waals surface area contributed by atoms with Crippen LogP contribution in [0.2, 0.25) is 0 Å². The summed E-state index contributed by atoms with van der Waals surface area (Å²) >= 11 is 0. The molecule has 1 aliphatic rings. The first-order chi connectivity index (χ1) is 8.72. The van der Waals surface area contributed by atoms with Gasteiger partial charge in [0.15, 0.2) is 0 Å². The highest BCUT2D eigenvalue weighted by molar-refractivity contribution is 5.28. The molecule has 1 aromatic rings. The van der Waals surface area contributed by atoms with E-state index in [1.165, 1.54) is 5.56 Å². The lowest BCUT2D eigenvalue weighted by atomic mass is 9.80. The summed E-state index contributed by atoms with van der Waals surface area (Å²) in [5.41, 5.74) is 0.752. The molecule has 0 saturated heterocycles. The summed E-state index contributed by atoms with van der Waals surface area (Å²) in [5.74, 6) is 0.929. The lowest BCUT2D eigenvalue weighted by molar-refractivity contribution is -0.0314. The van der Waals surface area contributed by atoms with E-state index < -0.39 is 5.60 Å². The standard InChI is InChI=1S/C15H23NO2/c1-2-9-18-14-6-3-5-13(10-14)11-16-12-15(17)7-4-8-15/h3,5-6,10,16-17H,2,4,7-9,11-12H2,1H3. The summed E-state index contributed by atoms with van der Waals surface area (Å²) in [4.78, 5) is 0. The number of hydrogen-bond acceptors (Lipinski definition) is 3. The van der Waals surface area contributed by atoms with Crippen LogP contribution in [-0.4, -0.2) is 23.9 Å². The van der Waals surface area contributed by atoms with Gasteiger partial charge in [-0.2, -0.15) is 0 Å². The molecule has 0 aromatic heterocycles. The van der Waals surface area contributed by atoms with E-state index in [0.29, 0.717) is 6.54 Å². The van der Waals surface area contributed by atoms with Gasteiger partial charge in [-0.25, -0.2) is 0 Å². The van der Waals surface area contributed by atoms with Crippen molar-refractivity contribution < 1.29 is 9.84 Å². The summed E-state index contributed by atoms with van der Waals surface area (Å²) in [6, 6.07) is 8.14. The van der Waals surface area contributed by atoms with Crippen LogP contribution in [0.1, 0.15) is 38.2 Å². The minimum absolute atomic E-state index is 0.448. The molecule has 1 fully saturated rings. The normalized spacial score (nSPS) is 17.2. The zero-order valence-electron chi connectivity index (χ0n) is 11.1. The van der Waals surface area contributed by atoms with Gasteiger partial charge in [-0.1, -0.05) is 19.1 Å². The van der Waals surface area contributed by atoms with Crippen molar-refractivity contribution >= 4 is 0 Å². The third-order valence-corrected chi connectivity index (χ3v) is 3.44. The van der Waals surface area contributed by atoms with Crippen LogP contribution in [0.25, 0.3) is 0 Å². The Morgan fingerprint density at radius 2 is 2.22 bits per heavy atom. The molecule has 0 bridgehead atoms. The smallest absolute Gasteiger partial charge is 0.119 e. The highest BCUT2D eigenvalue weighted by Crippen LogP contribution is 2.30. The van der Waals surface area contributed by atoms with E-state index in [4.69, 9.17) is 4.74 Å². The summed E-state index contributed by atoms with van der Waals surface area (Å²) in [6.45, 7) is 4.33. The van der Waals surface area contributed by atoms with Gasteiger partial charge in [0.2, 0.25) is 0 Å². The second-order valence-corrected chi connectivity index (χ2v) is 5.18. The lowest BCUT2D eigenvalue weighted by Gasteiger charge is -2.36. The number of nitrogens with one attached hydrogen (secondary N) is 1. The molecule has 0 aliphatic heterocycles. The van der Waals surface area contributed by atoms with E-state index in [1.54, 1.807) is 0 Å². The van der Waals surface area contributed by atoms with Gasteiger partial charge in [0.05, 0.1) is 12.2 Å². The van der Waals surface area contributed by atoms with Crippen LogP contribution in [0.15, 0.2) is 24.3 Å². The predicted molar refractivity (Wildman–Crippen MR) is 72.7 cm³/mol. The van der Waals surface area contributed by atoms with Gasteiger partial charge in [0, 0.05) is 13.1 Å². The second kappa shape index (κ2) is 6.21. The maximum atomic E-state index is 9.97. The highest BCUT2D eigenvalue weighted by atomic mass is 16.5. The fraction of sp³-hybridized carbons (Fsp3) is 0.600. The van der Waals surface area contributed by atoms with Crippen molar-refractivity contribution in [3.63, 3.8) is 0 Å². The quantitative estimate of drug-likeness (QED) is 0.780. The molecule has 0 radical (unpaired) electrons. The Bertz CT molecular complexity index is 375. The lowest BCUT2D eigenvalue weighted by Crippen LogP contribution is -2.45. The monoisotopic (exact) mass is 249 g/mol. The zero-order valence-corrected chi connectivity index (χ0v) is 11.1. The average Bonchev–Trinajstić information content (AvgIpc) is 2.35. The van der Waals surface area contributed by atoms with Gasteiger partial charge in [-0.05, 0) is 43.4 Å². The van der Waals surface area contributed by atoms with Crippen molar-refractivity contribution in [3.05, 3.63) is 29.8 Å². The predicted octanol–water partition coefficient (Wildman–Crippen LogP) is 2.48. The van der Waals surface area contributed by atoms with Crippen LogP contribution >= 0.6 is 0 Å². The summed E-state index contributed by atoms with van der Waals surface area (Å²) in [7, 11) is 0. The van der Waals surface area contributed by atoms with Crippen molar-refractivity contribution in [1.29, 1.82) is 0 Å². The highest BCUT2D eigenvalue weighted by Gasteiger charge is 2.33.